The zero-order chi connectivity index (χ0) is 11.4. The molecule has 0 unspecified atom stereocenters. The van der Waals surface area contributed by atoms with Crippen LogP contribution < -0.4 is 0 Å². The van der Waals surface area contributed by atoms with E-state index in [1.807, 2.05) is 13.8 Å². The molecule has 0 saturated carbocycles. The Morgan fingerprint density at radius 1 is 1.29 bits per heavy atom. The molecule has 0 heterocycles. The van der Waals surface area contributed by atoms with Gasteiger partial charge in [0.1, 0.15) is 6.29 Å². The minimum atomic E-state index is -0.0122. The maximum absolute atomic E-state index is 10.2. The molecule has 0 saturated heterocycles. The van der Waals surface area contributed by atoms with Crippen molar-refractivity contribution in [1.29, 1.82) is 0 Å². The van der Waals surface area contributed by atoms with E-state index in [9.17, 15) is 4.79 Å². The van der Waals surface area contributed by atoms with E-state index in [2.05, 4.69) is 0 Å². The Morgan fingerprint density at radius 3 is 2.29 bits per heavy atom. The zero-order valence-corrected chi connectivity index (χ0v) is 8.90. The van der Waals surface area contributed by atoms with Gasteiger partial charge in [0.25, 0.3) is 0 Å². The number of hydrogen-bond acceptors (Lipinski definition) is 3. The Hall–Kier alpha value is -1.19. The monoisotopic (exact) mass is 198 g/mol. The summed E-state index contributed by atoms with van der Waals surface area (Å²) in [6.07, 6.45) is 0.763. The number of aliphatic hydroxyl groups is 2. The number of benzene rings is 1. The van der Waals surface area contributed by atoms with Gasteiger partial charge < -0.3 is 10.2 Å². The summed E-state index contributed by atoms with van der Waals surface area (Å²) in [5.41, 5.74) is 1.37. The first-order chi connectivity index (χ1) is 6.86. The van der Waals surface area contributed by atoms with Crippen molar-refractivity contribution >= 4 is 6.29 Å². The zero-order valence-electron chi connectivity index (χ0n) is 8.90. The Balaban J connectivity index is 0. The molecule has 0 spiro atoms. The minimum Gasteiger partial charge on any atom is -0.400 e. The maximum Gasteiger partial charge on any atom is 0.150 e. The molecule has 0 aliphatic carbocycles. The highest BCUT2D eigenvalue weighted by Crippen LogP contribution is 2.01. The van der Waals surface area contributed by atoms with Gasteiger partial charge in [-0.1, -0.05) is 32.0 Å². The number of carbonyl (C=O) groups is 1. The van der Waals surface area contributed by atoms with Gasteiger partial charge in [0, 0.05) is 12.7 Å². The van der Waals surface area contributed by atoms with Crippen LogP contribution in [0.15, 0.2) is 24.3 Å². The fourth-order valence-corrected chi connectivity index (χ4v) is 0.765. The molecule has 0 aliphatic heterocycles. The molecule has 0 fully saturated rings. The van der Waals surface area contributed by atoms with Gasteiger partial charge in [0.2, 0.25) is 0 Å². The van der Waals surface area contributed by atoms with E-state index in [1.165, 1.54) is 0 Å². The summed E-state index contributed by atoms with van der Waals surface area (Å²) in [6.45, 7) is 3.99. The molecule has 80 valence electrons. The van der Waals surface area contributed by atoms with Crippen molar-refractivity contribution in [2.75, 3.05) is 7.11 Å². The van der Waals surface area contributed by atoms with Gasteiger partial charge in [-0.05, 0) is 11.6 Å². The van der Waals surface area contributed by atoms with E-state index in [0.717, 1.165) is 19.0 Å². The van der Waals surface area contributed by atoms with Gasteiger partial charge in [-0.25, -0.2) is 0 Å². The van der Waals surface area contributed by atoms with Gasteiger partial charge >= 0.3 is 0 Å². The van der Waals surface area contributed by atoms with E-state index in [4.69, 9.17) is 10.2 Å². The van der Waals surface area contributed by atoms with E-state index < -0.39 is 0 Å². The molecule has 1 aromatic rings. The molecule has 0 aromatic heterocycles. The molecular formula is C11H18O3. The van der Waals surface area contributed by atoms with Crippen LogP contribution in [0.25, 0.3) is 0 Å². The summed E-state index contributed by atoms with van der Waals surface area (Å²) in [4.78, 5) is 10.2. The third kappa shape index (κ3) is 6.34. The molecule has 2 N–H and O–H groups in total. The van der Waals surface area contributed by atoms with Gasteiger partial charge in [-0.3, -0.25) is 4.79 Å². The molecule has 0 bridgehead atoms. The summed E-state index contributed by atoms with van der Waals surface area (Å²) < 4.78 is 0. The number of aliphatic hydroxyl groups excluding tert-OH is 2. The fraction of sp³-hybridized carbons (Fsp3) is 0.364. The Morgan fingerprint density at radius 2 is 1.86 bits per heavy atom. The van der Waals surface area contributed by atoms with Crippen LogP contribution >= 0.6 is 0 Å². The summed E-state index contributed by atoms with van der Waals surface area (Å²) in [6, 6.07) is 6.88. The van der Waals surface area contributed by atoms with Crippen LogP contribution in [0, 0.1) is 0 Å². The highest BCUT2D eigenvalue weighted by molar-refractivity contribution is 5.74. The van der Waals surface area contributed by atoms with Crippen molar-refractivity contribution in [2.24, 2.45) is 0 Å². The van der Waals surface area contributed by atoms with Gasteiger partial charge in [0.15, 0.2) is 0 Å². The Bertz CT molecular complexity index is 234. The normalized spacial score (nSPS) is 7.50. The van der Waals surface area contributed by atoms with Crippen LogP contribution in [0.5, 0.6) is 0 Å². The van der Waals surface area contributed by atoms with Crippen LogP contribution in [0.1, 0.15) is 29.8 Å². The first kappa shape index (κ1) is 15.3. The lowest BCUT2D eigenvalue weighted by molar-refractivity contribution is 0.112. The quantitative estimate of drug-likeness (QED) is 0.710. The van der Waals surface area contributed by atoms with Crippen LogP contribution in [0.3, 0.4) is 0 Å². The van der Waals surface area contributed by atoms with Crippen molar-refractivity contribution < 1.29 is 15.0 Å². The van der Waals surface area contributed by atoms with E-state index >= 15 is 0 Å². The predicted molar refractivity (Wildman–Crippen MR) is 57.2 cm³/mol. The first-order valence-electron chi connectivity index (χ1n) is 4.46. The van der Waals surface area contributed by atoms with Crippen molar-refractivity contribution in [3.8, 4) is 0 Å². The van der Waals surface area contributed by atoms with Crippen molar-refractivity contribution in [1.82, 2.24) is 0 Å². The summed E-state index contributed by atoms with van der Waals surface area (Å²) in [5.74, 6) is 0. The predicted octanol–water partition coefficient (Wildman–Crippen LogP) is 1.63. The topological polar surface area (TPSA) is 57.5 Å². The molecule has 1 aromatic carbocycles. The largest absolute Gasteiger partial charge is 0.400 e. The lowest BCUT2D eigenvalue weighted by atomic mass is 10.1. The summed E-state index contributed by atoms with van der Waals surface area (Å²) in [7, 11) is 1.00. The second-order valence-electron chi connectivity index (χ2n) is 2.02. The lowest BCUT2D eigenvalue weighted by Crippen LogP contribution is -1.84. The van der Waals surface area contributed by atoms with Crippen molar-refractivity contribution in [2.45, 2.75) is 20.5 Å². The van der Waals surface area contributed by atoms with E-state index in [0.29, 0.717) is 5.56 Å². The van der Waals surface area contributed by atoms with Gasteiger partial charge in [0.05, 0.1) is 6.61 Å². The Kier molecular flexibility index (Phi) is 12.9. The summed E-state index contributed by atoms with van der Waals surface area (Å²) in [5, 5.41) is 15.6. The smallest absolute Gasteiger partial charge is 0.150 e. The highest BCUT2D eigenvalue weighted by Gasteiger charge is 1.90. The lowest BCUT2D eigenvalue weighted by Gasteiger charge is -1.94. The minimum absolute atomic E-state index is 0.0122. The molecule has 3 nitrogen and oxygen atoms in total. The maximum atomic E-state index is 10.2. The molecule has 0 radical (unpaired) electrons. The van der Waals surface area contributed by atoms with Crippen LogP contribution in [0.2, 0.25) is 0 Å². The second kappa shape index (κ2) is 11.8. The number of carbonyl (C=O) groups excluding carboxylic acids is 1. The van der Waals surface area contributed by atoms with Crippen molar-refractivity contribution in [3.63, 3.8) is 0 Å². The molecule has 0 aliphatic rings. The third-order valence-corrected chi connectivity index (χ3v) is 1.27. The van der Waals surface area contributed by atoms with E-state index in [-0.39, 0.29) is 6.61 Å². The molecule has 3 heteroatoms. The Labute approximate surface area is 85.0 Å². The molecule has 1 rings (SSSR count). The first-order valence-corrected chi connectivity index (χ1v) is 4.46. The molecule has 14 heavy (non-hydrogen) atoms. The van der Waals surface area contributed by atoms with Gasteiger partial charge in [-0.15, -0.1) is 0 Å². The third-order valence-electron chi connectivity index (χ3n) is 1.27. The second-order valence-corrected chi connectivity index (χ2v) is 2.02. The average Bonchev–Trinajstić information content (AvgIpc) is 2.34. The average molecular weight is 198 g/mol. The molecule has 0 atom stereocenters. The highest BCUT2D eigenvalue weighted by atomic mass is 16.3. The van der Waals surface area contributed by atoms with Crippen LogP contribution in [0.4, 0.5) is 0 Å². The van der Waals surface area contributed by atoms with Gasteiger partial charge in [-0.2, -0.15) is 0 Å². The molecular weight excluding hydrogens is 180 g/mol. The standard InChI is InChI=1S/C8H8O2.C2H6.CH4O/c9-5-7-2-1-3-8(4-7)6-10;2*1-2/h1-5,10H,6H2;1-2H3;2H,1H3. The van der Waals surface area contributed by atoms with Crippen molar-refractivity contribution in [3.05, 3.63) is 35.4 Å². The fourth-order valence-electron chi connectivity index (χ4n) is 0.765. The molecule has 0 amide bonds. The number of aldehydes is 1. The van der Waals surface area contributed by atoms with E-state index in [1.54, 1.807) is 24.3 Å². The SMILES string of the molecule is CC.CO.O=Cc1cccc(CO)c1. The van der Waals surface area contributed by atoms with Crippen LogP contribution in [-0.2, 0) is 6.61 Å². The number of rotatable bonds is 2. The summed E-state index contributed by atoms with van der Waals surface area (Å²) >= 11 is 0. The van der Waals surface area contributed by atoms with Crippen LogP contribution in [-0.4, -0.2) is 23.6 Å². The number of hydrogen-bond donors (Lipinski definition) is 2.